The summed E-state index contributed by atoms with van der Waals surface area (Å²) in [5.41, 5.74) is 2.04. The highest BCUT2D eigenvalue weighted by Crippen LogP contribution is 2.25. The van der Waals surface area contributed by atoms with Gasteiger partial charge in [0.25, 0.3) is 0 Å². The number of aryl methyl sites for hydroxylation is 1. The molecule has 1 N–H and O–H groups in total. The lowest BCUT2D eigenvalue weighted by molar-refractivity contribution is -0.117. The summed E-state index contributed by atoms with van der Waals surface area (Å²) in [6.45, 7) is 1.78. The number of para-hydroxylation sites is 1. The Balaban J connectivity index is 1.80. The van der Waals surface area contributed by atoms with Crippen molar-refractivity contribution in [3.63, 3.8) is 0 Å². The van der Waals surface area contributed by atoms with Gasteiger partial charge in [-0.05, 0) is 43.2 Å². The topological polar surface area (TPSA) is 66.5 Å². The maximum absolute atomic E-state index is 13.4. The van der Waals surface area contributed by atoms with Crippen LogP contribution in [0.1, 0.15) is 12.0 Å². The van der Waals surface area contributed by atoms with E-state index >= 15 is 0 Å². The van der Waals surface area contributed by atoms with Crippen LogP contribution < -0.4 is 10.2 Å². The zero-order valence-electron chi connectivity index (χ0n) is 14.5. The summed E-state index contributed by atoms with van der Waals surface area (Å²) >= 11 is 0. The first-order chi connectivity index (χ1) is 12.4. The molecule has 0 bridgehead atoms. The summed E-state index contributed by atoms with van der Waals surface area (Å²) < 4.78 is 37.2. The van der Waals surface area contributed by atoms with E-state index in [1.807, 2.05) is 25.1 Å². The number of sulfone groups is 1. The molecule has 0 unspecified atom stereocenters. The Bertz CT molecular complexity index is 900. The van der Waals surface area contributed by atoms with Crippen molar-refractivity contribution in [2.75, 3.05) is 28.3 Å². The van der Waals surface area contributed by atoms with Crippen LogP contribution in [0.5, 0.6) is 0 Å². The van der Waals surface area contributed by atoms with Gasteiger partial charge < -0.3 is 10.2 Å². The minimum atomic E-state index is -3.13. The fraction of sp³-hybridized carbons (Fsp3) is 0.316. The molecule has 0 saturated carbocycles. The van der Waals surface area contributed by atoms with E-state index in [2.05, 4.69) is 5.32 Å². The molecule has 1 fully saturated rings. The number of rotatable bonds is 5. The first-order valence-electron chi connectivity index (χ1n) is 8.43. The molecule has 2 aromatic carbocycles. The number of anilines is 2. The van der Waals surface area contributed by atoms with E-state index < -0.39 is 9.84 Å². The highest BCUT2D eigenvalue weighted by atomic mass is 32.2. The number of carbonyl (C=O) groups excluding carboxylic acids is 1. The van der Waals surface area contributed by atoms with Gasteiger partial charge in [0, 0.05) is 11.4 Å². The smallest absolute Gasteiger partial charge is 0.246 e. The summed E-state index contributed by atoms with van der Waals surface area (Å²) in [5, 5.41) is 2.97. The zero-order chi connectivity index (χ0) is 18.7. The van der Waals surface area contributed by atoms with Crippen LogP contribution in [0, 0.1) is 12.7 Å². The Hall–Kier alpha value is -2.41. The summed E-state index contributed by atoms with van der Waals surface area (Å²) in [6, 6.07) is 13.0. The van der Waals surface area contributed by atoms with E-state index in [0.29, 0.717) is 17.8 Å². The van der Waals surface area contributed by atoms with Crippen molar-refractivity contribution in [1.29, 1.82) is 0 Å². The number of halogens is 1. The lowest BCUT2D eigenvalue weighted by atomic mass is 10.1. The van der Waals surface area contributed by atoms with Crippen molar-refractivity contribution in [3.8, 4) is 0 Å². The molecule has 26 heavy (non-hydrogen) atoms. The summed E-state index contributed by atoms with van der Waals surface area (Å²) in [7, 11) is -3.13. The number of nitrogens with zero attached hydrogens (tertiary/aromatic N) is 1. The van der Waals surface area contributed by atoms with Crippen LogP contribution in [0.4, 0.5) is 15.8 Å². The maximum Gasteiger partial charge on any atom is 0.246 e. The highest BCUT2D eigenvalue weighted by molar-refractivity contribution is 7.91. The molecule has 1 aliphatic rings. The summed E-state index contributed by atoms with van der Waals surface area (Å²) in [6.07, 6.45) is 0.419. The molecule has 0 radical (unpaired) electrons. The zero-order valence-corrected chi connectivity index (χ0v) is 15.3. The lowest BCUT2D eigenvalue weighted by Gasteiger charge is -2.28. The highest BCUT2D eigenvalue weighted by Gasteiger charge is 2.35. The van der Waals surface area contributed by atoms with Gasteiger partial charge >= 0.3 is 0 Å². The second-order valence-corrected chi connectivity index (χ2v) is 8.70. The molecule has 7 heteroatoms. The lowest BCUT2D eigenvalue weighted by Crippen LogP contribution is -2.44. The molecule has 0 aliphatic carbocycles. The fourth-order valence-electron chi connectivity index (χ4n) is 3.17. The van der Waals surface area contributed by atoms with Crippen LogP contribution in [0.2, 0.25) is 0 Å². The Labute approximate surface area is 152 Å². The van der Waals surface area contributed by atoms with E-state index in [1.165, 1.54) is 12.1 Å². The van der Waals surface area contributed by atoms with Crippen LogP contribution in [-0.4, -0.2) is 38.4 Å². The predicted molar refractivity (Wildman–Crippen MR) is 101 cm³/mol. The molecule has 1 atom stereocenters. The molecule has 0 spiro atoms. The van der Waals surface area contributed by atoms with E-state index in [0.717, 1.165) is 5.56 Å². The first kappa shape index (κ1) is 18.4. The third-order valence-electron chi connectivity index (χ3n) is 4.51. The summed E-state index contributed by atoms with van der Waals surface area (Å²) in [5.74, 6) is -0.577. The predicted octanol–water partition coefficient (Wildman–Crippen LogP) is 2.77. The molecule has 0 aromatic heterocycles. The molecular formula is C19H21FN2O3S. The van der Waals surface area contributed by atoms with Crippen molar-refractivity contribution in [2.24, 2.45) is 0 Å². The number of benzene rings is 2. The SMILES string of the molecule is Cc1ccc(F)cc1NCC(=O)N(c1ccccc1)[C@H]1CCS(=O)(=O)C1. The third kappa shape index (κ3) is 4.22. The quantitative estimate of drug-likeness (QED) is 0.871. The number of amides is 1. The van der Waals surface area contributed by atoms with E-state index in [9.17, 15) is 17.6 Å². The molecule has 1 amide bonds. The maximum atomic E-state index is 13.4. The van der Waals surface area contributed by atoms with Gasteiger partial charge in [-0.2, -0.15) is 0 Å². The Kier molecular flexibility index (Phi) is 5.27. The van der Waals surface area contributed by atoms with Crippen molar-refractivity contribution in [3.05, 3.63) is 59.9 Å². The summed E-state index contributed by atoms with van der Waals surface area (Å²) in [4.78, 5) is 14.4. The normalized spacial score (nSPS) is 18.5. The third-order valence-corrected chi connectivity index (χ3v) is 6.26. The fourth-order valence-corrected chi connectivity index (χ4v) is 4.87. The minimum absolute atomic E-state index is 0.0351. The monoisotopic (exact) mass is 376 g/mol. The van der Waals surface area contributed by atoms with Gasteiger partial charge in [-0.15, -0.1) is 0 Å². The van der Waals surface area contributed by atoms with E-state index in [4.69, 9.17) is 0 Å². The van der Waals surface area contributed by atoms with E-state index in [1.54, 1.807) is 23.1 Å². The van der Waals surface area contributed by atoms with Crippen molar-refractivity contribution in [1.82, 2.24) is 0 Å². The average molecular weight is 376 g/mol. The molecule has 1 saturated heterocycles. The van der Waals surface area contributed by atoms with Crippen LogP contribution in [0.25, 0.3) is 0 Å². The number of hydrogen-bond donors (Lipinski definition) is 1. The number of carbonyl (C=O) groups is 1. The molecule has 138 valence electrons. The van der Waals surface area contributed by atoms with Crippen LogP contribution >= 0.6 is 0 Å². The average Bonchev–Trinajstić information content (AvgIpc) is 2.96. The first-order valence-corrected chi connectivity index (χ1v) is 10.3. The molecule has 2 aromatic rings. The Morgan fingerprint density at radius 1 is 1.23 bits per heavy atom. The standard InChI is InChI=1S/C19H21FN2O3S/c1-14-7-8-15(20)11-18(14)21-12-19(23)22(16-5-3-2-4-6-16)17-9-10-26(24,25)13-17/h2-8,11,17,21H,9-10,12-13H2,1H3/t17-/m0/s1. The molecular weight excluding hydrogens is 355 g/mol. The number of nitrogens with one attached hydrogen (secondary N) is 1. The van der Waals surface area contributed by atoms with Crippen LogP contribution in [0.3, 0.4) is 0 Å². The van der Waals surface area contributed by atoms with Crippen LogP contribution in [-0.2, 0) is 14.6 Å². The van der Waals surface area contributed by atoms with Gasteiger partial charge in [-0.25, -0.2) is 12.8 Å². The largest absolute Gasteiger partial charge is 0.376 e. The second kappa shape index (κ2) is 7.45. The van der Waals surface area contributed by atoms with Gasteiger partial charge in [0.2, 0.25) is 5.91 Å². The van der Waals surface area contributed by atoms with Gasteiger partial charge in [-0.1, -0.05) is 24.3 Å². The Morgan fingerprint density at radius 2 is 1.96 bits per heavy atom. The molecule has 5 nitrogen and oxygen atoms in total. The molecule has 1 heterocycles. The van der Waals surface area contributed by atoms with E-state index in [-0.39, 0.29) is 35.8 Å². The van der Waals surface area contributed by atoms with Crippen LogP contribution in [0.15, 0.2) is 48.5 Å². The second-order valence-electron chi connectivity index (χ2n) is 6.47. The molecule has 3 rings (SSSR count). The van der Waals surface area contributed by atoms with Crippen molar-refractivity contribution >= 4 is 27.1 Å². The van der Waals surface area contributed by atoms with Crippen molar-refractivity contribution < 1.29 is 17.6 Å². The van der Waals surface area contributed by atoms with Crippen molar-refractivity contribution in [2.45, 2.75) is 19.4 Å². The van der Waals surface area contributed by atoms with Gasteiger partial charge in [-0.3, -0.25) is 4.79 Å². The minimum Gasteiger partial charge on any atom is -0.376 e. The van der Waals surface area contributed by atoms with Gasteiger partial charge in [0.15, 0.2) is 9.84 Å². The number of hydrogen-bond acceptors (Lipinski definition) is 4. The molecule has 1 aliphatic heterocycles. The van der Waals surface area contributed by atoms with Gasteiger partial charge in [0.1, 0.15) is 5.82 Å². The Morgan fingerprint density at radius 3 is 2.62 bits per heavy atom. The van der Waals surface area contributed by atoms with Gasteiger partial charge in [0.05, 0.1) is 24.1 Å².